The number of hydrogen-bond donors (Lipinski definition) is 1. The van der Waals surface area contributed by atoms with E-state index in [-0.39, 0.29) is 6.54 Å². The fraction of sp³-hybridized carbons (Fsp3) is 0.450. The van der Waals surface area contributed by atoms with Crippen LogP contribution in [-0.2, 0) is 11.3 Å². The van der Waals surface area contributed by atoms with Gasteiger partial charge in [0.1, 0.15) is 0 Å². The SMILES string of the molecule is CN(CC(=O)O)C1CCCN(Cc2cccc3ccccc23)CC1. The summed E-state index contributed by atoms with van der Waals surface area (Å²) in [6, 6.07) is 15.5. The van der Waals surface area contributed by atoms with Crippen molar-refractivity contribution in [3.63, 3.8) is 0 Å². The maximum Gasteiger partial charge on any atom is 0.317 e. The van der Waals surface area contributed by atoms with Crippen molar-refractivity contribution in [2.24, 2.45) is 0 Å². The van der Waals surface area contributed by atoms with Gasteiger partial charge in [0, 0.05) is 12.6 Å². The van der Waals surface area contributed by atoms with Gasteiger partial charge in [0.05, 0.1) is 6.54 Å². The van der Waals surface area contributed by atoms with Crippen molar-refractivity contribution < 1.29 is 9.90 Å². The van der Waals surface area contributed by atoms with E-state index in [4.69, 9.17) is 5.11 Å². The van der Waals surface area contributed by atoms with Gasteiger partial charge >= 0.3 is 5.97 Å². The second-order valence-corrected chi connectivity index (χ2v) is 6.81. The van der Waals surface area contributed by atoms with Crippen LogP contribution in [-0.4, -0.2) is 53.6 Å². The van der Waals surface area contributed by atoms with Gasteiger partial charge < -0.3 is 5.11 Å². The summed E-state index contributed by atoms with van der Waals surface area (Å²) >= 11 is 0. The highest BCUT2D eigenvalue weighted by Gasteiger charge is 2.21. The number of hydrogen-bond acceptors (Lipinski definition) is 3. The van der Waals surface area contributed by atoms with Crippen LogP contribution in [0.25, 0.3) is 10.8 Å². The minimum absolute atomic E-state index is 0.133. The molecule has 1 unspecified atom stereocenters. The number of fused-ring (bicyclic) bond motifs is 1. The molecule has 1 aliphatic rings. The van der Waals surface area contributed by atoms with Gasteiger partial charge in [0.15, 0.2) is 0 Å². The average Bonchev–Trinajstić information content (AvgIpc) is 2.80. The summed E-state index contributed by atoms with van der Waals surface area (Å²) in [5.41, 5.74) is 1.38. The van der Waals surface area contributed by atoms with Crippen LogP contribution in [0, 0.1) is 0 Å². The van der Waals surface area contributed by atoms with E-state index in [1.165, 1.54) is 16.3 Å². The van der Waals surface area contributed by atoms with Crippen molar-refractivity contribution in [1.29, 1.82) is 0 Å². The Labute approximate surface area is 143 Å². The Bertz CT molecular complexity index is 696. The van der Waals surface area contributed by atoms with E-state index in [0.29, 0.717) is 6.04 Å². The number of rotatable bonds is 5. The first-order chi connectivity index (χ1) is 11.6. The quantitative estimate of drug-likeness (QED) is 0.916. The summed E-state index contributed by atoms with van der Waals surface area (Å²) in [6.45, 7) is 3.21. The molecule has 0 aliphatic carbocycles. The minimum Gasteiger partial charge on any atom is -0.480 e. The molecule has 2 aromatic carbocycles. The van der Waals surface area contributed by atoms with Crippen molar-refractivity contribution in [3.8, 4) is 0 Å². The normalized spacial score (nSPS) is 19.5. The first-order valence-corrected chi connectivity index (χ1v) is 8.74. The van der Waals surface area contributed by atoms with Crippen LogP contribution in [0.4, 0.5) is 0 Å². The van der Waals surface area contributed by atoms with Crippen molar-refractivity contribution in [2.45, 2.75) is 31.8 Å². The highest BCUT2D eigenvalue weighted by Crippen LogP contribution is 2.22. The Morgan fingerprint density at radius 1 is 1.17 bits per heavy atom. The third kappa shape index (κ3) is 4.13. The standard InChI is InChI=1S/C20H26N2O2/c1-21(15-20(23)24)18-9-5-12-22(13-11-18)14-17-8-4-7-16-6-2-3-10-19(16)17/h2-4,6-8,10,18H,5,9,11-15H2,1H3,(H,23,24). The van der Waals surface area contributed by atoms with Gasteiger partial charge in [0.25, 0.3) is 0 Å². The molecule has 4 heteroatoms. The molecule has 0 saturated carbocycles. The summed E-state index contributed by atoms with van der Waals surface area (Å²) in [7, 11) is 1.93. The van der Waals surface area contributed by atoms with E-state index in [2.05, 4.69) is 47.4 Å². The topological polar surface area (TPSA) is 43.8 Å². The summed E-state index contributed by atoms with van der Waals surface area (Å²) in [5, 5.41) is 11.6. The second kappa shape index (κ2) is 7.77. The smallest absolute Gasteiger partial charge is 0.317 e. The van der Waals surface area contributed by atoms with Gasteiger partial charge in [-0.2, -0.15) is 0 Å². The van der Waals surface area contributed by atoms with Crippen LogP contribution in [0.15, 0.2) is 42.5 Å². The molecule has 1 fully saturated rings. The van der Waals surface area contributed by atoms with Gasteiger partial charge in [-0.25, -0.2) is 0 Å². The predicted octanol–water partition coefficient (Wildman–Crippen LogP) is 3.21. The Balaban J connectivity index is 1.65. The van der Waals surface area contributed by atoms with Crippen LogP contribution in [0.5, 0.6) is 0 Å². The molecule has 3 rings (SSSR count). The van der Waals surface area contributed by atoms with Crippen molar-refractivity contribution in [3.05, 3.63) is 48.0 Å². The molecule has 2 aromatic rings. The van der Waals surface area contributed by atoms with Gasteiger partial charge in [0.2, 0.25) is 0 Å². The lowest BCUT2D eigenvalue weighted by Crippen LogP contribution is -2.36. The van der Waals surface area contributed by atoms with Crippen molar-refractivity contribution >= 4 is 16.7 Å². The van der Waals surface area contributed by atoms with E-state index < -0.39 is 5.97 Å². The van der Waals surface area contributed by atoms with Crippen LogP contribution in [0.3, 0.4) is 0 Å². The molecule has 0 aromatic heterocycles. The van der Waals surface area contributed by atoms with E-state index in [1.54, 1.807) is 0 Å². The monoisotopic (exact) mass is 326 g/mol. The fourth-order valence-electron chi connectivity index (χ4n) is 3.75. The summed E-state index contributed by atoms with van der Waals surface area (Å²) < 4.78 is 0. The molecule has 128 valence electrons. The Kier molecular flexibility index (Phi) is 5.48. The Hall–Kier alpha value is -1.91. The van der Waals surface area contributed by atoms with Gasteiger partial charge in [-0.3, -0.25) is 14.6 Å². The third-order valence-corrected chi connectivity index (χ3v) is 5.07. The molecule has 4 nitrogen and oxygen atoms in total. The highest BCUT2D eigenvalue weighted by atomic mass is 16.4. The van der Waals surface area contributed by atoms with E-state index >= 15 is 0 Å². The Morgan fingerprint density at radius 2 is 1.96 bits per heavy atom. The zero-order valence-corrected chi connectivity index (χ0v) is 14.3. The maximum atomic E-state index is 10.9. The predicted molar refractivity (Wildman–Crippen MR) is 97.1 cm³/mol. The molecule has 0 spiro atoms. The lowest BCUT2D eigenvalue weighted by atomic mass is 10.0. The number of carboxylic acids is 1. The third-order valence-electron chi connectivity index (χ3n) is 5.07. The highest BCUT2D eigenvalue weighted by molar-refractivity contribution is 5.85. The molecule has 1 saturated heterocycles. The first kappa shape index (κ1) is 16.9. The molecule has 0 amide bonds. The van der Waals surface area contributed by atoms with E-state index in [1.807, 2.05) is 11.9 Å². The van der Waals surface area contributed by atoms with E-state index in [0.717, 1.165) is 38.9 Å². The number of likely N-dealkylation sites (tertiary alicyclic amines) is 1. The number of nitrogens with zero attached hydrogens (tertiary/aromatic N) is 2. The number of benzene rings is 2. The number of carboxylic acid groups (broad SMARTS) is 1. The maximum absolute atomic E-state index is 10.9. The lowest BCUT2D eigenvalue weighted by molar-refractivity contribution is -0.138. The minimum atomic E-state index is -0.741. The van der Waals surface area contributed by atoms with Crippen LogP contribution in [0.1, 0.15) is 24.8 Å². The molecular weight excluding hydrogens is 300 g/mol. The molecule has 1 aliphatic heterocycles. The summed E-state index contributed by atoms with van der Waals surface area (Å²) in [6.07, 6.45) is 3.24. The summed E-state index contributed by atoms with van der Waals surface area (Å²) in [5.74, 6) is -0.741. The molecule has 1 N–H and O–H groups in total. The largest absolute Gasteiger partial charge is 0.480 e. The zero-order valence-electron chi connectivity index (χ0n) is 14.3. The van der Waals surface area contributed by atoms with Gasteiger partial charge in [-0.15, -0.1) is 0 Å². The average molecular weight is 326 g/mol. The fourth-order valence-corrected chi connectivity index (χ4v) is 3.75. The molecule has 0 radical (unpaired) electrons. The molecule has 0 bridgehead atoms. The van der Waals surface area contributed by atoms with Gasteiger partial charge in [-0.05, 0) is 55.7 Å². The Morgan fingerprint density at radius 3 is 2.79 bits per heavy atom. The molecular formula is C20H26N2O2. The van der Waals surface area contributed by atoms with Gasteiger partial charge in [-0.1, -0.05) is 42.5 Å². The summed E-state index contributed by atoms with van der Waals surface area (Å²) in [4.78, 5) is 15.4. The first-order valence-electron chi connectivity index (χ1n) is 8.74. The van der Waals surface area contributed by atoms with Crippen molar-refractivity contribution in [2.75, 3.05) is 26.7 Å². The number of carbonyl (C=O) groups is 1. The number of aliphatic carboxylic acids is 1. The van der Waals surface area contributed by atoms with Crippen LogP contribution < -0.4 is 0 Å². The molecule has 1 heterocycles. The van der Waals surface area contributed by atoms with Crippen LogP contribution >= 0.6 is 0 Å². The number of likely N-dealkylation sites (N-methyl/N-ethyl adjacent to an activating group) is 1. The lowest BCUT2D eigenvalue weighted by Gasteiger charge is -2.25. The van der Waals surface area contributed by atoms with E-state index in [9.17, 15) is 4.79 Å². The zero-order chi connectivity index (χ0) is 16.9. The van der Waals surface area contributed by atoms with Crippen LogP contribution in [0.2, 0.25) is 0 Å². The molecule has 24 heavy (non-hydrogen) atoms. The second-order valence-electron chi connectivity index (χ2n) is 6.81. The molecule has 1 atom stereocenters. The van der Waals surface area contributed by atoms with Crippen molar-refractivity contribution in [1.82, 2.24) is 9.80 Å².